The molecule has 0 aliphatic rings. The fourth-order valence-electron chi connectivity index (χ4n) is 2.98. The van der Waals surface area contributed by atoms with E-state index < -0.39 is 0 Å². The smallest absolute Gasteiger partial charge is 0.120 e. The van der Waals surface area contributed by atoms with Crippen LogP contribution in [0.25, 0.3) is 10.9 Å². The zero-order chi connectivity index (χ0) is 15.5. The van der Waals surface area contributed by atoms with E-state index in [1.165, 1.54) is 5.39 Å². The maximum Gasteiger partial charge on any atom is 0.120 e. The summed E-state index contributed by atoms with van der Waals surface area (Å²) in [5, 5.41) is 10.1. The Morgan fingerprint density at radius 3 is 2.59 bits per heavy atom. The average Bonchev–Trinajstić information content (AvgIpc) is 2.90. The van der Waals surface area contributed by atoms with Gasteiger partial charge in [-0.25, -0.2) is 0 Å². The highest BCUT2D eigenvalue weighted by Crippen LogP contribution is 2.33. The van der Waals surface area contributed by atoms with Crippen LogP contribution in [-0.2, 0) is 11.8 Å². The van der Waals surface area contributed by atoms with Crippen molar-refractivity contribution >= 4 is 17.2 Å². The molecule has 0 N–H and O–H groups in total. The highest BCUT2D eigenvalue weighted by atomic mass is 16.1. The summed E-state index contributed by atoms with van der Waals surface area (Å²) in [5.74, 6) is 0.0105. The van der Waals surface area contributed by atoms with Crippen molar-refractivity contribution < 1.29 is 4.79 Å². The predicted octanol–water partition coefficient (Wildman–Crippen LogP) is 3.77. The summed E-state index contributed by atoms with van der Waals surface area (Å²) < 4.78 is 2.09. The molecule has 0 radical (unpaired) electrons. The molecule has 22 heavy (non-hydrogen) atoms. The molecule has 108 valence electrons. The number of rotatable bonds is 4. The summed E-state index contributed by atoms with van der Waals surface area (Å²) in [4.78, 5) is 11.2. The Morgan fingerprint density at radius 2 is 1.91 bits per heavy atom. The third-order valence-electron chi connectivity index (χ3n) is 4.08. The van der Waals surface area contributed by atoms with Crippen molar-refractivity contribution in [2.24, 2.45) is 7.05 Å². The van der Waals surface area contributed by atoms with Crippen LogP contribution in [0.1, 0.15) is 29.0 Å². The van der Waals surface area contributed by atoms with Gasteiger partial charge >= 0.3 is 0 Å². The van der Waals surface area contributed by atoms with E-state index in [9.17, 15) is 4.79 Å². The summed E-state index contributed by atoms with van der Waals surface area (Å²) >= 11 is 0. The lowest BCUT2D eigenvalue weighted by Gasteiger charge is -2.14. The fraction of sp³-hybridized carbons (Fsp3) is 0.158. The van der Waals surface area contributed by atoms with Gasteiger partial charge in [-0.1, -0.05) is 30.3 Å². The molecule has 0 aliphatic heterocycles. The van der Waals surface area contributed by atoms with Gasteiger partial charge in [0, 0.05) is 36.5 Å². The van der Waals surface area contributed by atoms with Crippen LogP contribution in [0.5, 0.6) is 0 Å². The minimum atomic E-state index is 0.0105. The molecule has 2 aromatic carbocycles. The Bertz CT molecular complexity index is 853. The molecule has 0 saturated carbocycles. The number of hydrogen-bond acceptors (Lipinski definition) is 2. The summed E-state index contributed by atoms with van der Waals surface area (Å²) in [6.45, 7) is 0. The van der Waals surface area contributed by atoms with Crippen LogP contribution in [0.3, 0.4) is 0 Å². The Balaban J connectivity index is 2.13. The second-order valence-electron chi connectivity index (χ2n) is 5.40. The van der Waals surface area contributed by atoms with Gasteiger partial charge in [-0.15, -0.1) is 0 Å². The molecule has 3 aromatic rings. The third kappa shape index (κ3) is 2.40. The van der Waals surface area contributed by atoms with E-state index in [1.54, 1.807) is 12.1 Å². The maximum atomic E-state index is 11.2. The predicted molar refractivity (Wildman–Crippen MR) is 86.6 cm³/mol. The monoisotopic (exact) mass is 288 g/mol. The van der Waals surface area contributed by atoms with Crippen molar-refractivity contribution in [2.45, 2.75) is 12.3 Å². The average molecular weight is 288 g/mol. The molecule has 1 heterocycles. The number of aldehydes is 1. The minimum Gasteiger partial charge on any atom is -0.350 e. The number of benzene rings is 2. The molecule has 3 nitrogen and oxygen atoms in total. The van der Waals surface area contributed by atoms with Gasteiger partial charge in [-0.05, 0) is 29.3 Å². The molecule has 0 bridgehead atoms. The molecule has 3 heteroatoms. The van der Waals surface area contributed by atoms with Crippen LogP contribution >= 0.6 is 0 Å². The van der Waals surface area contributed by atoms with Crippen LogP contribution in [0.15, 0.2) is 54.7 Å². The first-order valence-electron chi connectivity index (χ1n) is 7.22. The van der Waals surface area contributed by atoms with E-state index >= 15 is 0 Å². The molecule has 3 rings (SSSR count). The number of hydrogen-bond donors (Lipinski definition) is 0. The standard InChI is InChI=1S/C19H16N2O/c1-21-13-18(17-4-2-3-5-19(17)21)16(10-11-22)15-8-6-14(12-20)7-9-15/h2-9,11,13,16H,10H2,1H3. The lowest BCUT2D eigenvalue weighted by atomic mass is 9.88. The molecule has 0 saturated heterocycles. The fourth-order valence-corrected chi connectivity index (χ4v) is 2.98. The molecule has 1 atom stereocenters. The number of fused-ring (bicyclic) bond motifs is 1. The number of nitriles is 1. The second kappa shape index (κ2) is 5.87. The molecule has 0 fully saturated rings. The number of carbonyl (C=O) groups is 1. The van der Waals surface area contributed by atoms with Gasteiger partial charge in [-0.3, -0.25) is 0 Å². The molecule has 1 unspecified atom stereocenters. The van der Waals surface area contributed by atoms with Gasteiger partial charge in [0.15, 0.2) is 0 Å². The van der Waals surface area contributed by atoms with E-state index in [1.807, 2.05) is 31.3 Å². The molecular weight excluding hydrogens is 272 g/mol. The number of aromatic nitrogens is 1. The summed E-state index contributed by atoms with van der Waals surface area (Å²) in [7, 11) is 2.02. The van der Waals surface area contributed by atoms with Gasteiger partial charge < -0.3 is 9.36 Å². The first kappa shape index (κ1) is 14.1. The summed E-state index contributed by atoms with van der Waals surface area (Å²) in [6, 6.07) is 17.8. The molecular formula is C19H16N2O. The first-order chi connectivity index (χ1) is 10.7. The van der Waals surface area contributed by atoms with Gasteiger partial charge in [0.05, 0.1) is 11.6 Å². The second-order valence-corrected chi connectivity index (χ2v) is 5.40. The van der Waals surface area contributed by atoms with E-state index in [-0.39, 0.29) is 5.92 Å². The summed E-state index contributed by atoms with van der Waals surface area (Å²) in [6.07, 6.45) is 3.49. The molecule has 0 amide bonds. The highest BCUT2D eigenvalue weighted by molar-refractivity contribution is 5.85. The van der Waals surface area contributed by atoms with Gasteiger partial charge in [0.2, 0.25) is 0 Å². The third-order valence-corrected chi connectivity index (χ3v) is 4.08. The Morgan fingerprint density at radius 1 is 1.18 bits per heavy atom. The van der Waals surface area contributed by atoms with Gasteiger partial charge in [0.1, 0.15) is 6.29 Å². The topological polar surface area (TPSA) is 45.8 Å². The molecule has 0 spiro atoms. The van der Waals surface area contributed by atoms with Crippen LogP contribution in [0, 0.1) is 11.3 Å². The lowest BCUT2D eigenvalue weighted by Crippen LogP contribution is -2.01. The van der Waals surface area contributed by atoms with Crippen LogP contribution < -0.4 is 0 Å². The Hall–Kier alpha value is -2.86. The van der Waals surface area contributed by atoms with E-state index in [0.717, 1.165) is 22.9 Å². The number of para-hydroxylation sites is 1. The normalized spacial score (nSPS) is 12.0. The van der Waals surface area contributed by atoms with Gasteiger partial charge in [0.25, 0.3) is 0 Å². The number of nitrogens with zero attached hydrogens (tertiary/aromatic N) is 2. The maximum absolute atomic E-state index is 11.2. The van der Waals surface area contributed by atoms with Gasteiger partial charge in [-0.2, -0.15) is 5.26 Å². The van der Waals surface area contributed by atoms with E-state index in [2.05, 4.69) is 29.0 Å². The Kier molecular flexibility index (Phi) is 3.76. The zero-order valence-corrected chi connectivity index (χ0v) is 12.4. The molecule has 0 aliphatic carbocycles. The Labute approximate surface area is 129 Å². The van der Waals surface area contributed by atoms with Crippen molar-refractivity contribution in [3.05, 3.63) is 71.4 Å². The SMILES string of the molecule is Cn1cc(C(CC=O)c2ccc(C#N)cc2)c2ccccc21. The van der Waals surface area contributed by atoms with Crippen molar-refractivity contribution in [2.75, 3.05) is 0 Å². The van der Waals surface area contributed by atoms with Crippen LogP contribution in [0.2, 0.25) is 0 Å². The highest BCUT2D eigenvalue weighted by Gasteiger charge is 2.18. The summed E-state index contributed by atoms with van der Waals surface area (Å²) in [5.41, 5.74) is 3.99. The number of aryl methyl sites for hydroxylation is 1. The van der Waals surface area contributed by atoms with Crippen LogP contribution in [-0.4, -0.2) is 10.9 Å². The van der Waals surface area contributed by atoms with Crippen molar-refractivity contribution in [1.82, 2.24) is 4.57 Å². The minimum absolute atomic E-state index is 0.0105. The van der Waals surface area contributed by atoms with Crippen LogP contribution in [0.4, 0.5) is 0 Å². The lowest BCUT2D eigenvalue weighted by molar-refractivity contribution is -0.108. The van der Waals surface area contributed by atoms with Crippen molar-refractivity contribution in [1.29, 1.82) is 5.26 Å². The first-order valence-corrected chi connectivity index (χ1v) is 7.22. The van der Waals surface area contributed by atoms with Crippen molar-refractivity contribution in [3.8, 4) is 6.07 Å². The number of carbonyl (C=O) groups excluding carboxylic acids is 1. The van der Waals surface area contributed by atoms with Crippen molar-refractivity contribution in [3.63, 3.8) is 0 Å². The largest absolute Gasteiger partial charge is 0.350 e. The quantitative estimate of drug-likeness (QED) is 0.686. The molecule has 1 aromatic heterocycles. The van der Waals surface area contributed by atoms with E-state index in [0.29, 0.717) is 12.0 Å². The van der Waals surface area contributed by atoms with E-state index in [4.69, 9.17) is 5.26 Å². The zero-order valence-electron chi connectivity index (χ0n) is 12.4.